The number of carboxylic acid groups (broad SMARTS) is 1. The van der Waals surface area contributed by atoms with Crippen molar-refractivity contribution >= 4 is 28.4 Å². The van der Waals surface area contributed by atoms with Crippen LogP contribution < -0.4 is 0 Å². The third-order valence-corrected chi connectivity index (χ3v) is 5.04. The van der Waals surface area contributed by atoms with Crippen LogP contribution in [-0.2, 0) is 22.6 Å². The molecule has 3 nitrogen and oxygen atoms in total. The van der Waals surface area contributed by atoms with E-state index in [-0.39, 0.29) is 22.4 Å². The highest BCUT2D eigenvalue weighted by Crippen LogP contribution is 2.40. The zero-order valence-electron chi connectivity index (χ0n) is 12.2. The van der Waals surface area contributed by atoms with Crippen LogP contribution in [0.1, 0.15) is 49.2 Å². The van der Waals surface area contributed by atoms with Crippen molar-refractivity contribution in [3.8, 4) is 0 Å². The van der Waals surface area contributed by atoms with Crippen LogP contribution in [0.15, 0.2) is 17.0 Å². The Balaban J connectivity index is 3.80. The lowest BCUT2D eigenvalue weighted by Gasteiger charge is -2.24. The van der Waals surface area contributed by atoms with Crippen molar-refractivity contribution < 1.29 is 22.9 Å². The molecule has 1 rings (SSSR count). The second kappa shape index (κ2) is 6.01. The maximum absolute atomic E-state index is 13.6. The average molecular weight is 339 g/mol. The molecule has 0 fully saturated rings. The van der Waals surface area contributed by atoms with Gasteiger partial charge in [-0.25, -0.2) is 4.79 Å². The van der Waals surface area contributed by atoms with E-state index in [0.717, 1.165) is 12.1 Å². The highest BCUT2D eigenvalue weighted by atomic mass is 35.5. The van der Waals surface area contributed by atoms with E-state index in [1.165, 1.54) is 0 Å². The van der Waals surface area contributed by atoms with E-state index in [2.05, 4.69) is 0 Å². The van der Waals surface area contributed by atoms with Crippen molar-refractivity contribution in [2.24, 2.45) is 0 Å². The molecule has 0 bridgehead atoms. The van der Waals surface area contributed by atoms with E-state index in [1.807, 2.05) is 0 Å². The molecule has 0 saturated heterocycles. The second-order valence-electron chi connectivity index (χ2n) is 5.51. The molecule has 0 heterocycles. The lowest BCUT2D eigenvalue weighted by atomic mass is 10.0. The van der Waals surface area contributed by atoms with Crippen LogP contribution in [0.5, 0.6) is 0 Å². The Hall–Kier alpha value is -1.01. The summed E-state index contributed by atoms with van der Waals surface area (Å²) in [6.07, 6.45) is 0.166. The zero-order chi connectivity index (χ0) is 16.6. The SMILES string of the molecule is CCc1c(C(=O)O)ccc(C(F)(F)Cl)c1[S@](=O)C(C)(C)C. The van der Waals surface area contributed by atoms with Crippen molar-refractivity contribution in [2.75, 3.05) is 0 Å². The minimum absolute atomic E-state index is 0.130. The topological polar surface area (TPSA) is 54.4 Å². The number of hydrogen-bond acceptors (Lipinski definition) is 2. The fourth-order valence-corrected chi connectivity index (χ4v) is 3.62. The fraction of sp³-hybridized carbons (Fsp3) is 0.500. The van der Waals surface area contributed by atoms with E-state index in [4.69, 9.17) is 11.6 Å². The number of hydrogen-bond donors (Lipinski definition) is 1. The summed E-state index contributed by atoms with van der Waals surface area (Å²) in [5.41, 5.74) is -0.595. The van der Waals surface area contributed by atoms with E-state index in [9.17, 15) is 22.9 Å². The van der Waals surface area contributed by atoms with Gasteiger partial charge >= 0.3 is 11.4 Å². The molecular weight excluding hydrogens is 322 g/mol. The second-order valence-corrected chi connectivity index (χ2v) is 8.15. The molecule has 1 N–H and O–H groups in total. The quantitative estimate of drug-likeness (QED) is 0.839. The lowest BCUT2D eigenvalue weighted by molar-refractivity contribution is 0.0692. The van der Waals surface area contributed by atoms with Crippen molar-refractivity contribution in [3.63, 3.8) is 0 Å². The predicted molar refractivity (Wildman–Crippen MR) is 78.7 cm³/mol. The maximum Gasteiger partial charge on any atom is 0.349 e. The predicted octanol–water partition coefficient (Wildman–Crippen LogP) is 4.14. The average Bonchev–Trinajstić information content (AvgIpc) is 2.33. The molecule has 0 aromatic heterocycles. The molecule has 1 aromatic rings. The molecule has 0 radical (unpaired) electrons. The van der Waals surface area contributed by atoms with Gasteiger partial charge in [-0.3, -0.25) is 4.21 Å². The Bertz CT molecular complexity index is 589. The molecule has 0 aliphatic rings. The van der Waals surface area contributed by atoms with Gasteiger partial charge < -0.3 is 5.11 Å². The molecule has 1 atom stereocenters. The van der Waals surface area contributed by atoms with E-state index >= 15 is 0 Å². The Morgan fingerprint density at radius 3 is 2.19 bits per heavy atom. The van der Waals surface area contributed by atoms with Crippen LogP contribution in [0, 0.1) is 0 Å². The van der Waals surface area contributed by atoms with Gasteiger partial charge in [-0.05, 0) is 56.5 Å². The molecular formula is C14H17ClF2O3S. The number of aromatic carboxylic acids is 1. The third kappa shape index (κ3) is 3.80. The van der Waals surface area contributed by atoms with Crippen molar-refractivity contribution in [1.82, 2.24) is 0 Å². The molecule has 0 aliphatic heterocycles. The monoisotopic (exact) mass is 338 g/mol. The summed E-state index contributed by atoms with van der Waals surface area (Å²) in [6, 6.07) is 2.02. The fourth-order valence-electron chi connectivity index (χ4n) is 1.92. The Kier molecular flexibility index (Phi) is 5.16. The van der Waals surface area contributed by atoms with Crippen LogP contribution in [0.2, 0.25) is 0 Å². The first kappa shape index (κ1) is 18.0. The standard InChI is InChI=1S/C14H17ClF2O3S/c1-5-8-9(12(18)19)6-7-10(14(15,16)17)11(8)21(20)13(2,3)4/h6-7H,5H2,1-4H3,(H,18,19)/t21-/m0/s1. The summed E-state index contributed by atoms with van der Waals surface area (Å²) in [6.45, 7) is 6.52. The summed E-state index contributed by atoms with van der Waals surface area (Å²) >= 11 is 5.10. The molecule has 0 spiro atoms. The van der Waals surface area contributed by atoms with Crippen molar-refractivity contribution in [1.29, 1.82) is 0 Å². The van der Waals surface area contributed by atoms with Crippen LogP contribution in [0.3, 0.4) is 0 Å². The maximum atomic E-state index is 13.6. The first-order valence-electron chi connectivity index (χ1n) is 6.29. The van der Waals surface area contributed by atoms with Crippen LogP contribution in [0.25, 0.3) is 0 Å². The Labute approximate surface area is 129 Å². The molecule has 0 aliphatic carbocycles. The number of benzene rings is 1. The summed E-state index contributed by atoms with van der Waals surface area (Å²) in [5, 5.41) is 5.47. The largest absolute Gasteiger partial charge is 0.478 e. The number of carbonyl (C=O) groups is 1. The van der Waals surface area contributed by atoms with Gasteiger partial charge in [0.15, 0.2) is 0 Å². The number of alkyl halides is 3. The molecule has 0 amide bonds. The first-order valence-corrected chi connectivity index (χ1v) is 7.82. The molecule has 21 heavy (non-hydrogen) atoms. The van der Waals surface area contributed by atoms with Gasteiger partial charge in [0.25, 0.3) is 0 Å². The zero-order valence-corrected chi connectivity index (χ0v) is 13.7. The summed E-state index contributed by atoms with van der Waals surface area (Å²) in [4.78, 5) is 11.1. The van der Waals surface area contributed by atoms with E-state index < -0.39 is 32.5 Å². The van der Waals surface area contributed by atoms with Crippen molar-refractivity contribution in [3.05, 3.63) is 28.8 Å². The van der Waals surface area contributed by atoms with E-state index in [1.54, 1.807) is 27.7 Å². The molecule has 7 heteroatoms. The highest BCUT2D eigenvalue weighted by Gasteiger charge is 2.37. The minimum Gasteiger partial charge on any atom is -0.478 e. The Morgan fingerprint density at radius 2 is 1.86 bits per heavy atom. The molecule has 0 saturated carbocycles. The Morgan fingerprint density at radius 1 is 1.33 bits per heavy atom. The van der Waals surface area contributed by atoms with Gasteiger partial charge in [0.05, 0.1) is 26.8 Å². The lowest BCUT2D eigenvalue weighted by Crippen LogP contribution is -2.26. The smallest absolute Gasteiger partial charge is 0.349 e. The van der Waals surface area contributed by atoms with Crippen molar-refractivity contribution in [2.45, 2.75) is 49.1 Å². The number of carboxylic acids is 1. The minimum atomic E-state index is -3.71. The van der Waals surface area contributed by atoms with Gasteiger partial charge in [-0.1, -0.05) is 6.92 Å². The van der Waals surface area contributed by atoms with E-state index in [0.29, 0.717) is 0 Å². The summed E-state index contributed by atoms with van der Waals surface area (Å²) < 4.78 is 39.0. The third-order valence-electron chi connectivity index (χ3n) is 2.89. The normalized spacial score (nSPS) is 14.0. The number of halogens is 3. The molecule has 1 aromatic carbocycles. The number of rotatable bonds is 4. The van der Waals surface area contributed by atoms with Crippen LogP contribution >= 0.6 is 11.6 Å². The summed E-state index contributed by atoms with van der Waals surface area (Å²) in [7, 11) is -1.82. The highest BCUT2D eigenvalue weighted by molar-refractivity contribution is 7.86. The van der Waals surface area contributed by atoms with Crippen LogP contribution in [-0.4, -0.2) is 20.0 Å². The van der Waals surface area contributed by atoms with Gasteiger partial charge in [-0.2, -0.15) is 8.78 Å². The van der Waals surface area contributed by atoms with Gasteiger partial charge in [0.1, 0.15) is 0 Å². The molecule has 0 unspecified atom stereocenters. The molecule has 118 valence electrons. The summed E-state index contributed by atoms with van der Waals surface area (Å²) in [5.74, 6) is -1.25. The van der Waals surface area contributed by atoms with Gasteiger partial charge in [0.2, 0.25) is 0 Å². The van der Waals surface area contributed by atoms with Crippen LogP contribution in [0.4, 0.5) is 8.78 Å². The van der Waals surface area contributed by atoms with Gasteiger partial charge in [0, 0.05) is 4.75 Å². The first-order chi connectivity index (χ1) is 9.41. The van der Waals surface area contributed by atoms with Gasteiger partial charge in [-0.15, -0.1) is 0 Å².